The van der Waals surface area contributed by atoms with Gasteiger partial charge in [-0.05, 0) is 23.6 Å². The van der Waals surface area contributed by atoms with Crippen molar-refractivity contribution in [3.8, 4) is 11.1 Å². The van der Waals surface area contributed by atoms with Crippen molar-refractivity contribution >= 4 is 23.7 Å². The third-order valence-electron chi connectivity index (χ3n) is 4.20. The molecular formula is C19H16N2O5. The third kappa shape index (κ3) is 3.66. The van der Waals surface area contributed by atoms with Gasteiger partial charge in [0, 0.05) is 31.0 Å². The number of rotatable bonds is 5. The molecule has 26 heavy (non-hydrogen) atoms. The molecule has 7 nitrogen and oxygen atoms in total. The number of nitrogens with zero attached hydrogens (tertiary/aromatic N) is 2. The van der Waals surface area contributed by atoms with Gasteiger partial charge in [0.15, 0.2) is 0 Å². The van der Waals surface area contributed by atoms with Crippen LogP contribution in [-0.2, 0) is 20.8 Å². The van der Waals surface area contributed by atoms with Gasteiger partial charge in [-0.1, -0.05) is 30.3 Å². The normalized spacial score (nSPS) is 13.9. The van der Waals surface area contributed by atoms with Gasteiger partial charge in [0.05, 0.1) is 0 Å². The Morgan fingerprint density at radius 3 is 2.12 bits per heavy atom. The number of carbonyl (C=O) groups excluding carboxylic acids is 3. The zero-order chi connectivity index (χ0) is 18.7. The molecule has 3 amide bonds. The second-order valence-corrected chi connectivity index (χ2v) is 5.95. The summed E-state index contributed by atoms with van der Waals surface area (Å²) in [4.78, 5) is 50.6. The Bertz CT molecular complexity index is 856. The van der Waals surface area contributed by atoms with Crippen LogP contribution in [0.25, 0.3) is 11.1 Å². The lowest BCUT2D eigenvalue weighted by Crippen LogP contribution is -2.35. The molecule has 2 heterocycles. The smallest absolute Gasteiger partial charge is 0.354 e. The van der Waals surface area contributed by atoms with Gasteiger partial charge in [-0.15, -0.1) is 0 Å². The predicted molar refractivity (Wildman–Crippen MR) is 91.0 cm³/mol. The Hall–Kier alpha value is -3.35. The fourth-order valence-electron chi connectivity index (χ4n) is 2.77. The average Bonchev–Trinajstić information content (AvgIpc) is 2.99. The Kier molecular flexibility index (Phi) is 4.88. The molecule has 1 N–H and O–H groups in total. The summed E-state index contributed by atoms with van der Waals surface area (Å²) in [6, 6.07) is 10.5. The van der Waals surface area contributed by atoms with E-state index in [9.17, 15) is 19.2 Å². The van der Waals surface area contributed by atoms with E-state index in [-0.39, 0.29) is 25.0 Å². The number of aryl methyl sites for hydroxylation is 1. The number of likely N-dealkylation sites (tertiary alicyclic amines) is 1. The number of aromatic nitrogens is 1. The van der Waals surface area contributed by atoms with Crippen LogP contribution in [0.4, 0.5) is 0 Å². The highest BCUT2D eigenvalue weighted by Crippen LogP contribution is 2.20. The summed E-state index contributed by atoms with van der Waals surface area (Å²) in [6.07, 6.45) is 2.21. The van der Waals surface area contributed by atoms with Gasteiger partial charge >= 0.3 is 5.97 Å². The molecule has 1 aliphatic heterocycles. The molecule has 1 fully saturated rings. The summed E-state index contributed by atoms with van der Waals surface area (Å²) in [5, 5.41) is 8.86. The summed E-state index contributed by atoms with van der Waals surface area (Å²) in [5.74, 6) is -2.39. The van der Waals surface area contributed by atoms with Crippen molar-refractivity contribution in [3.63, 3.8) is 0 Å². The summed E-state index contributed by atoms with van der Waals surface area (Å²) in [7, 11) is 0. The predicted octanol–water partition coefficient (Wildman–Crippen LogP) is 2.05. The summed E-state index contributed by atoms with van der Waals surface area (Å²) in [6.45, 7) is 0. The van der Waals surface area contributed by atoms with Crippen molar-refractivity contribution < 1.29 is 24.3 Å². The maximum atomic E-state index is 12.0. The summed E-state index contributed by atoms with van der Waals surface area (Å²) < 4.78 is 0. The first kappa shape index (κ1) is 17.5. The fraction of sp³-hybridized carbons (Fsp3) is 0.211. The van der Waals surface area contributed by atoms with Crippen LogP contribution < -0.4 is 0 Å². The van der Waals surface area contributed by atoms with Gasteiger partial charge in [-0.3, -0.25) is 14.4 Å². The van der Waals surface area contributed by atoms with E-state index >= 15 is 0 Å². The first-order valence-corrected chi connectivity index (χ1v) is 8.13. The van der Waals surface area contributed by atoms with Gasteiger partial charge in [0.25, 0.3) is 0 Å². The minimum absolute atomic E-state index is 0.0186. The van der Waals surface area contributed by atoms with Crippen molar-refractivity contribution in [2.45, 2.75) is 25.7 Å². The molecule has 0 radical (unpaired) electrons. The standard InChI is InChI=1S/C19H16N2O5/c22-16(21-17(23)9-10-18(21)24)8-3-12-1-4-13(5-2-12)14-6-7-15(19(25)26)20-11-14/h1-2,4-7,11H,3,8-10H2,(H,25,26). The number of carboxylic acid groups (broad SMARTS) is 1. The van der Waals surface area contributed by atoms with Crippen LogP contribution >= 0.6 is 0 Å². The number of pyridine rings is 1. The zero-order valence-corrected chi connectivity index (χ0v) is 13.8. The second kappa shape index (κ2) is 7.26. The lowest BCUT2D eigenvalue weighted by atomic mass is 10.0. The first-order valence-electron chi connectivity index (χ1n) is 8.13. The molecule has 132 valence electrons. The van der Waals surface area contributed by atoms with E-state index in [1.807, 2.05) is 24.3 Å². The van der Waals surface area contributed by atoms with E-state index in [0.717, 1.165) is 21.6 Å². The van der Waals surface area contributed by atoms with Gasteiger partial charge in [-0.2, -0.15) is 0 Å². The molecule has 7 heteroatoms. The molecule has 1 saturated heterocycles. The maximum absolute atomic E-state index is 12.0. The molecule has 0 spiro atoms. The Balaban J connectivity index is 1.62. The minimum Gasteiger partial charge on any atom is -0.477 e. The number of hydrogen-bond donors (Lipinski definition) is 1. The second-order valence-electron chi connectivity index (χ2n) is 5.95. The molecule has 0 atom stereocenters. The monoisotopic (exact) mass is 352 g/mol. The van der Waals surface area contributed by atoms with Crippen LogP contribution in [0.2, 0.25) is 0 Å². The molecule has 0 unspecified atom stereocenters. The Labute approximate surface area is 149 Å². The number of carboxylic acids is 1. The number of amides is 3. The van der Waals surface area contributed by atoms with Crippen LogP contribution in [0.3, 0.4) is 0 Å². The molecule has 1 aliphatic rings. The highest BCUT2D eigenvalue weighted by Gasteiger charge is 2.33. The Morgan fingerprint density at radius 2 is 1.58 bits per heavy atom. The van der Waals surface area contributed by atoms with Gasteiger partial charge < -0.3 is 5.11 Å². The number of carbonyl (C=O) groups is 4. The molecule has 0 saturated carbocycles. The van der Waals surface area contributed by atoms with Crippen molar-refractivity contribution in [2.24, 2.45) is 0 Å². The van der Waals surface area contributed by atoms with Crippen LogP contribution in [0, 0.1) is 0 Å². The summed E-state index contributed by atoms with van der Waals surface area (Å²) >= 11 is 0. The van der Waals surface area contributed by atoms with E-state index in [2.05, 4.69) is 4.98 Å². The molecule has 0 bridgehead atoms. The van der Waals surface area contributed by atoms with Crippen LogP contribution in [0.5, 0.6) is 0 Å². The summed E-state index contributed by atoms with van der Waals surface area (Å²) in [5.41, 5.74) is 2.53. The van der Waals surface area contributed by atoms with E-state index in [1.165, 1.54) is 12.3 Å². The van der Waals surface area contributed by atoms with E-state index < -0.39 is 23.7 Å². The quantitative estimate of drug-likeness (QED) is 0.826. The van der Waals surface area contributed by atoms with Crippen molar-refractivity contribution in [1.29, 1.82) is 0 Å². The zero-order valence-electron chi connectivity index (χ0n) is 13.8. The van der Waals surface area contributed by atoms with Crippen molar-refractivity contribution in [2.75, 3.05) is 0 Å². The number of hydrogen-bond acceptors (Lipinski definition) is 5. The van der Waals surface area contributed by atoms with Crippen LogP contribution in [0.1, 0.15) is 35.3 Å². The van der Waals surface area contributed by atoms with Gasteiger partial charge in [0.2, 0.25) is 17.7 Å². The SMILES string of the molecule is O=C(O)c1ccc(-c2ccc(CCC(=O)N3C(=O)CCC3=O)cc2)cn1. The lowest BCUT2D eigenvalue weighted by molar-refractivity contribution is -0.149. The minimum atomic E-state index is -1.08. The highest BCUT2D eigenvalue weighted by atomic mass is 16.4. The van der Waals surface area contributed by atoms with Crippen LogP contribution in [0.15, 0.2) is 42.6 Å². The molecule has 0 aliphatic carbocycles. The highest BCUT2D eigenvalue weighted by molar-refractivity contribution is 6.15. The average molecular weight is 352 g/mol. The fourth-order valence-corrected chi connectivity index (χ4v) is 2.77. The molecule has 1 aromatic heterocycles. The molecule has 1 aromatic carbocycles. The number of benzene rings is 1. The van der Waals surface area contributed by atoms with Gasteiger partial charge in [-0.25, -0.2) is 14.7 Å². The van der Waals surface area contributed by atoms with Gasteiger partial charge in [0.1, 0.15) is 5.69 Å². The lowest BCUT2D eigenvalue weighted by Gasteiger charge is -2.11. The molecular weight excluding hydrogens is 336 g/mol. The number of imide groups is 3. The third-order valence-corrected chi connectivity index (χ3v) is 4.20. The topological polar surface area (TPSA) is 105 Å². The Morgan fingerprint density at radius 1 is 0.962 bits per heavy atom. The van der Waals surface area contributed by atoms with Crippen molar-refractivity contribution in [3.05, 3.63) is 53.9 Å². The van der Waals surface area contributed by atoms with E-state index in [4.69, 9.17) is 5.11 Å². The molecule has 2 aromatic rings. The van der Waals surface area contributed by atoms with Crippen molar-refractivity contribution in [1.82, 2.24) is 9.88 Å². The maximum Gasteiger partial charge on any atom is 0.354 e. The molecule has 3 rings (SSSR count). The number of aromatic carboxylic acids is 1. The first-order chi connectivity index (χ1) is 12.5. The largest absolute Gasteiger partial charge is 0.477 e. The van der Waals surface area contributed by atoms with E-state index in [1.54, 1.807) is 6.07 Å². The van der Waals surface area contributed by atoms with E-state index in [0.29, 0.717) is 6.42 Å². The van der Waals surface area contributed by atoms with Crippen LogP contribution in [-0.4, -0.2) is 38.7 Å².